The molecular formula is C51H52N4O9. The van der Waals surface area contributed by atoms with E-state index in [0.29, 0.717) is 55.6 Å². The van der Waals surface area contributed by atoms with E-state index in [-0.39, 0.29) is 23.0 Å². The van der Waals surface area contributed by atoms with Crippen LogP contribution in [0.3, 0.4) is 0 Å². The van der Waals surface area contributed by atoms with Gasteiger partial charge in [-0.3, -0.25) is 10.8 Å². The first-order chi connectivity index (χ1) is 31.3. The van der Waals surface area contributed by atoms with Gasteiger partial charge in [-0.05, 0) is 147 Å². The third kappa shape index (κ3) is 14.3. The molecule has 1 heterocycles. The summed E-state index contributed by atoms with van der Waals surface area (Å²) < 4.78 is 33.7. The van der Waals surface area contributed by atoms with Crippen LogP contribution >= 0.6 is 0 Å². The van der Waals surface area contributed by atoms with Crippen molar-refractivity contribution in [3.63, 3.8) is 0 Å². The second kappa shape index (κ2) is 24.2. The van der Waals surface area contributed by atoms with Gasteiger partial charge in [0.2, 0.25) is 5.90 Å². The molecule has 13 heteroatoms. The van der Waals surface area contributed by atoms with Crippen molar-refractivity contribution in [1.29, 1.82) is 5.41 Å². The van der Waals surface area contributed by atoms with Gasteiger partial charge < -0.3 is 28.4 Å². The molecule has 330 valence electrons. The number of aliphatic imine (C=N–C) groups is 1. The Morgan fingerprint density at radius 2 is 1.25 bits per heavy atom. The molecule has 0 spiro atoms. The van der Waals surface area contributed by atoms with E-state index in [4.69, 9.17) is 33.8 Å². The number of hydrazone groups is 1. The largest absolute Gasteiger partial charge is 0.494 e. The number of nitrogens with zero attached hydrogens (tertiary/aromatic N) is 2. The van der Waals surface area contributed by atoms with Crippen LogP contribution in [0, 0.1) is 5.41 Å². The van der Waals surface area contributed by atoms with Crippen molar-refractivity contribution in [3.05, 3.63) is 151 Å². The number of fused-ring (bicyclic) bond motifs is 2. The minimum absolute atomic E-state index is 0.0967. The van der Waals surface area contributed by atoms with E-state index in [9.17, 15) is 14.4 Å². The molecule has 6 rings (SSSR count). The molecule has 0 radical (unpaired) electrons. The summed E-state index contributed by atoms with van der Waals surface area (Å²) in [5, 5.41) is 13.6. The van der Waals surface area contributed by atoms with Gasteiger partial charge in [-0.2, -0.15) is 5.10 Å². The molecule has 0 saturated carbocycles. The number of para-hydroxylation sites is 1. The number of carbonyl (C=O) groups is 3. The number of unbranched alkanes of at least 4 members (excludes halogenated alkanes) is 6. The van der Waals surface area contributed by atoms with Crippen molar-refractivity contribution in [1.82, 2.24) is 5.43 Å². The molecule has 1 aliphatic rings. The Balaban J connectivity index is 1.00. The summed E-state index contributed by atoms with van der Waals surface area (Å²) in [7, 11) is 0. The standard InChI is InChI=1S/C51H52N4O9/c1-3-47(52)61-29-13-7-5-11-27-59-43-24-21-37-31-40(18-17-38(37)32-43)51(58)63-42-22-19-36(20-23-42)50(57)64-46-26-25-44(60-28-12-6-8-14-30-62-49(56)4-2)33-41(46)35-53-55-48-34-39-15-9-10-16-45(39)54-48/h3-4,9-10,15-26,31-33,35,52H,1-2,5-8,11-14,27-30,34H2,(H,54,55)/b52-47?,53-35+. The number of hydrogen-bond acceptors (Lipinski definition) is 13. The van der Waals surface area contributed by atoms with Gasteiger partial charge in [-0.25, -0.2) is 19.4 Å². The van der Waals surface area contributed by atoms with E-state index in [0.717, 1.165) is 85.2 Å². The topological polar surface area (TPSA) is 167 Å². The van der Waals surface area contributed by atoms with Gasteiger partial charge in [0.15, 0.2) is 0 Å². The monoisotopic (exact) mass is 864 g/mol. The molecule has 0 fully saturated rings. The zero-order chi connectivity index (χ0) is 44.9. The van der Waals surface area contributed by atoms with Crippen LogP contribution in [-0.4, -0.2) is 62.3 Å². The third-order valence-corrected chi connectivity index (χ3v) is 10.0. The average Bonchev–Trinajstić information content (AvgIpc) is 3.74. The summed E-state index contributed by atoms with van der Waals surface area (Å²) in [6.45, 7) is 8.83. The fourth-order valence-corrected chi connectivity index (χ4v) is 6.58. The molecule has 5 aromatic carbocycles. The lowest BCUT2D eigenvalue weighted by atomic mass is 10.1. The minimum atomic E-state index is -0.616. The molecule has 2 N–H and O–H groups in total. The first kappa shape index (κ1) is 46.0. The van der Waals surface area contributed by atoms with Gasteiger partial charge in [-0.15, -0.1) is 0 Å². The zero-order valence-electron chi connectivity index (χ0n) is 35.7. The van der Waals surface area contributed by atoms with Crippen LogP contribution in [0.5, 0.6) is 23.0 Å². The second-order valence-corrected chi connectivity index (χ2v) is 14.8. The number of hydrogen-bond donors (Lipinski definition) is 2. The highest BCUT2D eigenvalue weighted by atomic mass is 16.5. The average molecular weight is 865 g/mol. The zero-order valence-corrected chi connectivity index (χ0v) is 35.7. The van der Waals surface area contributed by atoms with Gasteiger partial charge >= 0.3 is 17.9 Å². The predicted octanol–water partition coefficient (Wildman–Crippen LogP) is 10.3. The fraction of sp³-hybridized carbons (Fsp3) is 0.255. The van der Waals surface area contributed by atoms with Gasteiger partial charge in [-0.1, -0.05) is 43.5 Å². The lowest BCUT2D eigenvalue weighted by molar-refractivity contribution is -0.137. The van der Waals surface area contributed by atoms with E-state index in [1.165, 1.54) is 18.2 Å². The molecular weight excluding hydrogens is 813 g/mol. The predicted molar refractivity (Wildman–Crippen MR) is 248 cm³/mol. The molecule has 0 amide bonds. The van der Waals surface area contributed by atoms with Crippen LogP contribution in [0.25, 0.3) is 10.8 Å². The van der Waals surface area contributed by atoms with Gasteiger partial charge in [0, 0.05) is 18.1 Å². The smallest absolute Gasteiger partial charge is 0.343 e. The van der Waals surface area contributed by atoms with Crippen LogP contribution < -0.4 is 24.4 Å². The highest BCUT2D eigenvalue weighted by molar-refractivity contribution is 5.98. The van der Waals surface area contributed by atoms with Crippen LogP contribution in [0.1, 0.15) is 83.2 Å². The lowest BCUT2D eigenvalue weighted by Crippen LogP contribution is -2.17. The molecule has 13 nitrogen and oxygen atoms in total. The Kier molecular flexibility index (Phi) is 17.4. The molecule has 5 aromatic rings. The van der Waals surface area contributed by atoms with Crippen LogP contribution in [0.4, 0.5) is 5.69 Å². The molecule has 0 aliphatic carbocycles. The normalized spacial score (nSPS) is 11.6. The van der Waals surface area contributed by atoms with Crippen molar-refractivity contribution in [2.45, 2.75) is 57.8 Å². The Labute approximate surface area is 372 Å². The second-order valence-electron chi connectivity index (χ2n) is 14.8. The first-order valence-corrected chi connectivity index (χ1v) is 21.3. The third-order valence-electron chi connectivity index (χ3n) is 10.0. The van der Waals surface area contributed by atoms with Gasteiger partial charge in [0.25, 0.3) is 0 Å². The Morgan fingerprint density at radius 3 is 1.97 bits per heavy atom. The summed E-state index contributed by atoms with van der Waals surface area (Å²) in [5.41, 5.74) is 6.12. The van der Waals surface area contributed by atoms with Crippen molar-refractivity contribution in [3.8, 4) is 23.0 Å². The first-order valence-electron chi connectivity index (χ1n) is 21.3. The van der Waals surface area contributed by atoms with Crippen molar-refractivity contribution < 1.29 is 42.8 Å². The van der Waals surface area contributed by atoms with Crippen molar-refractivity contribution >= 4 is 52.3 Å². The number of amidine groups is 1. The maximum absolute atomic E-state index is 13.4. The number of nitrogens with one attached hydrogen (secondary N) is 2. The summed E-state index contributed by atoms with van der Waals surface area (Å²) in [4.78, 5) is 42.3. The van der Waals surface area contributed by atoms with Crippen LogP contribution in [0.2, 0.25) is 0 Å². The number of ether oxygens (including phenoxy) is 6. The van der Waals surface area contributed by atoms with Gasteiger partial charge in [0.1, 0.15) is 28.8 Å². The molecule has 0 aromatic heterocycles. The van der Waals surface area contributed by atoms with Crippen LogP contribution in [-0.2, 0) is 20.7 Å². The number of carbonyl (C=O) groups excluding carboxylic acids is 3. The van der Waals surface area contributed by atoms with E-state index in [1.54, 1.807) is 48.7 Å². The summed E-state index contributed by atoms with van der Waals surface area (Å²) in [6, 6.07) is 30.2. The molecule has 0 saturated heterocycles. The molecule has 0 unspecified atom stereocenters. The molecule has 0 atom stereocenters. The molecule has 64 heavy (non-hydrogen) atoms. The van der Waals surface area contributed by atoms with E-state index >= 15 is 0 Å². The minimum Gasteiger partial charge on any atom is -0.494 e. The van der Waals surface area contributed by atoms with Crippen molar-refractivity contribution in [2.24, 2.45) is 10.1 Å². The maximum Gasteiger partial charge on any atom is 0.343 e. The van der Waals surface area contributed by atoms with Crippen LogP contribution in [0.15, 0.2) is 139 Å². The van der Waals surface area contributed by atoms with E-state index in [2.05, 4.69) is 28.7 Å². The number of rotatable bonds is 24. The van der Waals surface area contributed by atoms with Crippen molar-refractivity contribution in [2.75, 3.05) is 26.4 Å². The highest BCUT2D eigenvalue weighted by Gasteiger charge is 2.16. The fourth-order valence-electron chi connectivity index (χ4n) is 6.58. The van der Waals surface area contributed by atoms with E-state index < -0.39 is 17.9 Å². The van der Waals surface area contributed by atoms with Gasteiger partial charge in [0.05, 0.1) is 49.5 Å². The molecule has 0 bridgehead atoms. The SMILES string of the molecule is C=CC(=N)OCCCCCCOc1ccc2cc(C(=O)Oc3ccc(C(=O)Oc4ccc(OCCCCCCOC(=O)C=C)cc4/C=N/NC4=Nc5ccccc5C4)cc3)ccc2c1. The summed E-state index contributed by atoms with van der Waals surface area (Å²) in [6.07, 6.45) is 11.8. The molecule has 1 aliphatic heterocycles. The van der Waals surface area contributed by atoms with E-state index in [1.807, 2.05) is 48.5 Å². The summed E-state index contributed by atoms with van der Waals surface area (Å²) >= 11 is 0. The Bertz CT molecular complexity index is 2500. The summed E-state index contributed by atoms with van der Waals surface area (Å²) in [5.74, 6) is 1.07. The Morgan fingerprint density at radius 1 is 0.641 bits per heavy atom. The maximum atomic E-state index is 13.4. The number of esters is 3. The highest BCUT2D eigenvalue weighted by Crippen LogP contribution is 2.28. The lowest BCUT2D eigenvalue weighted by Gasteiger charge is -2.12. The quantitative estimate of drug-likeness (QED) is 0.0116. The number of benzene rings is 5. The Hall–Kier alpha value is -7.54.